The van der Waals surface area contributed by atoms with E-state index < -0.39 is 9.84 Å². The van der Waals surface area contributed by atoms with Crippen molar-refractivity contribution in [2.75, 3.05) is 12.9 Å². The Balaban J connectivity index is 0.00000116. The van der Waals surface area contributed by atoms with Gasteiger partial charge in [-0.1, -0.05) is 18.2 Å². The average Bonchev–Trinajstić information content (AvgIpc) is 2.54. The standard InChI is InChI=1S/C15H19NO3S.H3NO/c1-12(19-2)7-8-20(17,18)11-13-9-14-5-3-4-6-15(14)16-10-13;1-2/h3-6,9-10,12H,7-8,11H2,1-2H3;2H,1H2/t12-;/m1./s1. The third kappa shape index (κ3) is 5.69. The number of pyridine rings is 1. The second-order valence-electron chi connectivity index (χ2n) is 4.96. The van der Waals surface area contributed by atoms with Crippen LogP contribution in [0.15, 0.2) is 36.5 Å². The van der Waals surface area contributed by atoms with Gasteiger partial charge in [-0.05, 0) is 31.0 Å². The van der Waals surface area contributed by atoms with Crippen LogP contribution in [0.4, 0.5) is 0 Å². The third-order valence-corrected chi connectivity index (χ3v) is 4.90. The maximum Gasteiger partial charge on any atom is 0.154 e. The Hall–Kier alpha value is -1.54. The predicted octanol–water partition coefficient (Wildman–Crippen LogP) is 1.91. The number of nitrogens with two attached hydrogens (primary N) is 1. The summed E-state index contributed by atoms with van der Waals surface area (Å²) in [6.07, 6.45) is 2.11. The van der Waals surface area contributed by atoms with Crippen LogP contribution in [0.3, 0.4) is 0 Å². The van der Waals surface area contributed by atoms with Crippen molar-refractivity contribution in [2.45, 2.75) is 25.2 Å². The van der Waals surface area contributed by atoms with Crippen LogP contribution in [0.1, 0.15) is 18.9 Å². The number of benzene rings is 1. The Labute approximate surface area is 130 Å². The average molecular weight is 326 g/mol. The molecule has 0 saturated carbocycles. The van der Waals surface area contributed by atoms with E-state index in [0.29, 0.717) is 6.42 Å². The molecule has 0 aliphatic rings. The van der Waals surface area contributed by atoms with Crippen molar-refractivity contribution >= 4 is 20.7 Å². The molecule has 1 aromatic carbocycles. The zero-order valence-electron chi connectivity index (χ0n) is 12.8. The van der Waals surface area contributed by atoms with Gasteiger partial charge in [-0.2, -0.15) is 0 Å². The van der Waals surface area contributed by atoms with Gasteiger partial charge in [0.1, 0.15) is 0 Å². The first kappa shape index (κ1) is 18.5. The van der Waals surface area contributed by atoms with Crippen LogP contribution in [0, 0.1) is 0 Å². The lowest BCUT2D eigenvalue weighted by atomic mass is 10.2. The zero-order chi connectivity index (χ0) is 16.6. The van der Waals surface area contributed by atoms with Crippen LogP contribution >= 0.6 is 0 Å². The molecule has 0 amide bonds. The lowest BCUT2D eigenvalue weighted by Crippen LogP contribution is -2.15. The van der Waals surface area contributed by atoms with Crippen molar-refractivity contribution < 1.29 is 18.4 Å². The van der Waals surface area contributed by atoms with Crippen molar-refractivity contribution in [2.24, 2.45) is 5.90 Å². The van der Waals surface area contributed by atoms with E-state index in [9.17, 15) is 8.42 Å². The highest BCUT2D eigenvalue weighted by Crippen LogP contribution is 2.15. The van der Waals surface area contributed by atoms with Gasteiger partial charge in [-0.25, -0.2) is 14.3 Å². The summed E-state index contributed by atoms with van der Waals surface area (Å²) in [5, 5.41) is 7.46. The largest absolute Gasteiger partial charge is 0.382 e. The summed E-state index contributed by atoms with van der Waals surface area (Å²) in [5.74, 6) is 3.66. The molecular weight excluding hydrogens is 304 g/mol. The molecule has 2 aromatic rings. The second-order valence-corrected chi connectivity index (χ2v) is 7.15. The van der Waals surface area contributed by atoms with E-state index in [4.69, 9.17) is 9.94 Å². The van der Waals surface area contributed by atoms with Gasteiger partial charge in [0.25, 0.3) is 0 Å². The molecule has 2 rings (SSSR count). The Morgan fingerprint density at radius 2 is 2.00 bits per heavy atom. The van der Waals surface area contributed by atoms with Crippen LogP contribution in [-0.4, -0.2) is 37.6 Å². The first-order chi connectivity index (χ1) is 10.5. The van der Waals surface area contributed by atoms with Gasteiger partial charge in [0.05, 0.1) is 23.1 Å². The van der Waals surface area contributed by atoms with Crippen molar-refractivity contribution in [3.63, 3.8) is 0 Å². The Morgan fingerprint density at radius 1 is 1.32 bits per heavy atom. The number of sulfone groups is 1. The molecule has 0 bridgehead atoms. The molecule has 0 aliphatic carbocycles. The topological polar surface area (TPSA) is 103 Å². The molecule has 1 aromatic heterocycles. The second kappa shape index (κ2) is 8.79. The fourth-order valence-electron chi connectivity index (χ4n) is 1.99. The molecule has 0 saturated heterocycles. The summed E-state index contributed by atoms with van der Waals surface area (Å²) < 4.78 is 29.2. The molecule has 1 heterocycles. The first-order valence-corrected chi connectivity index (χ1v) is 8.65. The monoisotopic (exact) mass is 326 g/mol. The fourth-order valence-corrected chi connectivity index (χ4v) is 3.49. The number of hydrogen-bond donors (Lipinski definition) is 2. The van der Waals surface area contributed by atoms with Gasteiger partial charge >= 0.3 is 0 Å². The van der Waals surface area contributed by atoms with E-state index in [2.05, 4.69) is 10.9 Å². The van der Waals surface area contributed by atoms with Crippen molar-refractivity contribution in [3.8, 4) is 0 Å². The highest BCUT2D eigenvalue weighted by molar-refractivity contribution is 7.90. The third-order valence-electron chi connectivity index (χ3n) is 3.27. The molecule has 0 fully saturated rings. The van der Waals surface area contributed by atoms with E-state index in [1.807, 2.05) is 37.3 Å². The van der Waals surface area contributed by atoms with E-state index in [1.165, 1.54) is 0 Å². The number of hydrogen-bond acceptors (Lipinski definition) is 6. The number of aromatic nitrogens is 1. The molecular formula is C15H22N2O4S. The van der Waals surface area contributed by atoms with Gasteiger partial charge in [0, 0.05) is 18.7 Å². The molecule has 0 spiro atoms. The van der Waals surface area contributed by atoms with Crippen molar-refractivity contribution in [1.82, 2.24) is 4.98 Å². The molecule has 6 nitrogen and oxygen atoms in total. The van der Waals surface area contributed by atoms with Crippen molar-refractivity contribution in [1.29, 1.82) is 0 Å². The summed E-state index contributed by atoms with van der Waals surface area (Å²) in [6, 6.07) is 9.57. The molecule has 0 aliphatic heterocycles. The van der Waals surface area contributed by atoms with Crippen LogP contribution < -0.4 is 5.90 Å². The molecule has 122 valence electrons. The minimum absolute atomic E-state index is 0.0290. The highest BCUT2D eigenvalue weighted by Gasteiger charge is 2.14. The lowest BCUT2D eigenvalue weighted by molar-refractivity contribution is 0.116. The maximum absolute atomic E-state index is 12.1. The minimum Gasteiger partial charge on any atom is -0.382 e. The SMILES string of the molecule is CO[C@H](C)CCS(=O)(=O)Cc1cnc2ccccc2c1.NO. The Morgan fingerprint density at radius 3 is 2.68 bits per heavy atom. The minimum atomic E-state index is -3.13. The van der Waals surface area contributed by atoms with Gasteiger partial charge < -0.3 is 9.94 Å². The highest BCUT2D eigenvalue weighted by atomic mass is 32.2. The van der Waals surface area contributed by atoms with E-state index in [1.54, 1.807) is 13.3 Å². The summed E-state index contributed by atoms with van der Waals surface area (Å²) in [7, 11) is -1.54. The molecule has 7 heteroatoms. The van der Waals surface area contributed by atoms with E-state index in [0.717, 1.165) is 16.5 Å². The number of fused-ring (bicyclic) bond motifs is 1. The summed E-state index contributed by atoms with van der Waals surface area (Å²) in [5.41, 5.74) is 1.61. The first-order valence-electron chi connectivity index (χ1n) is 6.83. The van der Waals surface area contributed by atoms with Gasteiger partial charge in [-0.3, -0.25) is 4.98 Å². The Bertz CT molecular complexity index is 689. The number of rotatable bonds is 6. The number of ether oxygens (including phenoxy) is 1. The number of para-hydroxylation sites is 1. The predicted molar refractivity (Wildman–Crippen MR) is 86.3 cm³/mol. The molecule has 0 unspecified atom stereocenters. The zero-order valence-corrected chi connectivity index (χ0v) is 13.6. The normalized spacial score (nSPS) is 12.5. The van der Waals surface area contributed by atoms with Gasteiger partial charge in [-0.15, -0.1) is 0 Å². The number of methoxy groups -OCH3 is 1. The number of nitrogens with zero attached hydrogens (tertiary/aromatic N) is 1. The quantitative estimate of drug-likeness (QED) is 0.786. The van der Waals surface area contributed by atoms with Crippen LogP contribution in [0.25, 0.3) is 10.9 Å². The van der Waals surface area contributed by atoms with Crippen LogP contribution in [0.2, 0.25) is 0 Å². The molecule has 1 atom stereocenters. The molecule has 3 N–H and O–H groups in total. The van der Waals surface area contributed by atoms with E-state index in [-0.39, 0.29) is 17.6 Å². The summed E-state index contributed by atoms with van der Waals surface area (Å²) in [6.45, 7) is 1.87. The summed E-state index contributed by atoms with van der Waals surface area (Å²) in [4.78, 5) is 4.29. The van der Waals surface area contributed by atoms with Crippen LogP contribution in [0.5, 0.6) is 0 Å². The van der Waals surface area contributed by atoms with Gasteiger partial charge in [0.15, 0.2) is 9.84 Å². The molecule has 0 radical (unpaired) electrons. The van der Waals surface area contributed by atoms with Gasteiger partial charge in [0.2, 0.25) is 0 Å². The Kier molecular flexibility index (Phi) is 7.40. The maximum atomic E-state index is 12.1. The lowest BCUT2D eigenvalue weighted by Gasteiger charge is -2.10. The van der Waals surface area contributed by atoms with Crippen LogP contribution in [-0.2, 0) is 20.3 Å². The van der Waals surface area contributed by atoms with Crippen molar-refractivity contribution in [3.05, 3.63) is 42.1 Å². The smallest absolute Gasteiger partial charge is 0.154 e. The van der Waals surface area contributed by atoms with E-state index >= 15 is 0 Å². The molecule has 22 heavy (non-hydrogen) atoms. The summed E-state index contributed by atoms with van der Waals surface area (Å²) >= 11 is 0. The fraction of sp³-hybridized carbons (Fsp3) is 0.400.